The number of nitrogens with one attached hydrogen (secondary N) is 1. The normalized spacial score (nSPS) is 14.7. The van der Waals surface area contributed by atoms with Crippen LogP contribution in [0.5, 0.6) is 5.75 Å². The largest absolute Gasteiger partial charge is 0.485 e. The molecule has 1 saturated carbocycles. The van der Waals surface area contributed by atoms with Crippen LogP contribution in [0, 0.1) is 5.82 Å². The van der Waals surface area contributed by atoms with Crippen LogP contribution < -0.4 is 10.1 Å². The second kappa shape index (κ2) is 5.52. The molecule has 2 nitrogen and oxygen atoms in total. The van der Waals surface area contributed by atoms with E-state index in [0.29, 0.717) is 17.6 Å². The van der Waals surface area contributed by atoms with E-state index in [1.165, 1.54) is 18.9 Å². The fourth-order valence-electron chi connectivity index (χ4n) is 1.48. The third kappa shape index (κ3) is 4.02. The Morgan fingerprint density at radius 2 is 2.29 bits per heavy atom. The van der Waals surface area contributed by atoms with Crippen molar-refractivity contribution in [1.29, 1.82) is 0 Å². The molecule has 17 heavy (non-hydrogen) atoms. The van der Waals surface area contributed by atoms with Gasteiger partial charge < -0.3 is 10.1 Å². The van der Waals surface area contributed by atoms with Crippen molar-refractivity contribution < 1.29 is 9.13 Å². The highest BCUT2D eigenvalue weighted by Gasteiger charge is 2.20. The minimum atomic E-state index is -0.363. The molecule has 1 N–H and O–H groups in total. The topological polar surface area (TPSA) is 21.3 Å². The zero-order valence-corrected chi connectivity index (χ0v) is 10.3. The molecule has 2 rings (SSSR count). The molecule has 0 unspecified atom stereocenters. The highest BCUT2D eigenvalue weighted by Crippen LogP contribution is 2.22. The number of ether oxygens (including phenoxy) is 1. The Bertz CT molecular complexity index is 418. The first-order valence-electron chi connectivity index (χ1n) is 5.63. The SMILES string of the molecule is C=C(Cl)COc1ccc(CNC2CC2)cc1F. The molecule has 1 aromatic carbocycles. The van der Waals surface area contributed by atoms with Crippen molar-refractivity contribution in [2.45, 2.75) is 25.4 Å². The molecule has 0 atom stereocenters. The van der Waals surface area contributed by atoms with E-state index >= 15 is 0 Å². The van der Waals surface area contributed by atoms with E-state index in [1.54, 1.807) is 6.07 Å². The smallest absolute Gasteiger partial charge is 0.165 e. The number of benzene rings is 1. The molecule has 0 saturated heterocycles. The van der Waals surface area contributed by atoms with E-state index in [-0.39, 0.29) is 18.2 Å². The van der Waals surface area contributed by atoms with Crippen molar-refractivity contribution in [3.05, 3.63) is 41.2 Å². The molecule has 4 heteroatoms. The Balaban J connectivity index is 1.92. The molecule has 0 aromatic heterocycles. The van der Waals surface area contributed by atoms with E-state index < -0.39 is 0 Å². The number of hydrogen-bond acceptors (Lipinski definition) is 2. The van der Waals surface area contributed by atoms with Crippen molar-refractivity contribution in [1.82, 2.24) is 5.32 Å². The predicted molar refractivity (Wildman–Crippen MR) is 66.7 cm³/mol. The van der Waals surface area contributed by atoms with Crippen LogP contribution in [0.25, 0.3) is 0 Å². The van der Waals surface area contributed by atoms with E-state index in [0.717, 1.165) is 5.56 Å². The van der Waals surface area contributed by atoms with Gasteiger partial charge in [-0.2, -0.15) is 0 Å². The standard InChI is InChI=1S/C13H15ClFNO/c1-9(14)8-17-13-5-2-10(6-12(13)15)7-16-11-3-4-11/h2,5-6,11,16H,1,3-4,7-8H2. The van der Waals surface area contributed by atoms with Gasteiger partial charge in [0, 0.05) is 17.6 Å². The summed E-state index contributed by atoms with van der Waals surface area (Å²) in [5.74, 6) is -0.153. The lowest BCUT2D eigenvalue weighted by atomic mass is 10.2. The maximum absolute atomic E-state index is 13.6. The maximum Gasteiger partial charge on any atom is 0.165 e. The summed E-state index contributed by atoms with van der Waals surface area (Å²) in [5.41, 5.74) is 0.923. The van der Waals surface area contributed by atoms with E-state index in [4.69, 9.17) is 16.3 Å². The highest BCUT2D eigenvalue weighted by molar-refractivity contribution is 6.29. The third-order valence-electron chi connectivity index (χ3n) is 2.55. The fourth-order valence-corrected chi connectivity index (χ4v) is 1.53. The van der Waals surface area contributed by atoms with Gasteiger partial charge in [0.1, 0.15) is 6.61 Å². The Morgan fingerprint density at radius 1 is 1.53 bits per heavy atom. The van der Waals surface area contributed by atoms with Crippen LogP contribution in [0.4, 0.5) is 4.39 Å². The summed E-state index contributed by atoms with van der Waals surface area (Å²) in [6.07, 6.45) is 2.45. The van der Waals surface area contributed by atoms with Gasteiger partial charge in [0.05, 0.1) is 0 Å². The highest BCUT2D eigenvalue weighted by atomic mass is 35.5. The van der Waals surface area contributed by atoms with Gasteiger partial charge in [-0.15, -0.1) is 0 Å². The lowest BCUT2D eigenvalue weighted by molar-refractivity contribution is 0.338. The molecule has 1 aromatic rings. The van der Waals surface area contributed by atoms with Crippen molar-refractivity contribution in [2.24, 2.45) is 0 Å². The summed E-state index contributed by atoms with van der Waals surface area (Å²) in [6, 6.07) is 5.58. The Hall–Kier alpha value is -1.06. The van der Waals surface area contributed by atoms with Crippen molar-refractivity contribution >= 4 is 11.6 Å². The molecular formula is C13H15ClFNO. The molecule has 1 aliphatic carbocycles. The van der Waals surface area contributed by atoms with Gasteiger partial charge in [0.25, 0.3) is 0 Å². The number of halogens is 2. The predicted octanol–water partition coefficient (Wildman–Crippen LogP) is 3.21. The first-order chi connectivity index (χ1) is 8.15. The van der Waals surface area contributed by atoms with Crippen LogP contribution in [-0.2, 0) is 6.54 Å². The summed E-state index contributed by atoms with van der Waals surface area (Å²) < 4.78 is 18.8. The Morgan fingerprint density at radius 3 is 2.88 bits per heavy atom. The first kappa shape index (κ1) is 12.4. The van der Waals surface area contributed by atoms with Gasteiger partial charge >= 0.3 is 0 Å². The molecule has 0 heterocycles. The molecule has 0 radical (unpaired) electrons. The number of rotatable bonds is 6. The molecule has 92 valence electrons. The summed E-state index contributed by atoms with van der Waals surface area (Å²) in [6.45, 7) is 4.30. The Kier molecular flexibility index (Phi) is 4.02. The van der Waals surface area contributed by atoms with E-state index in [2.05, 4.69) is 11.9 Å². The molecule has 1 fully saturated rings. The van der Waals surface area contributed by atoms with Gasteiger partial charge in [0.15, 0.2) is 11.6 Å². The van der Waals surface area contributed by atoms with Gasteiger partial charge in [-0.25, -0.2) is 4.39 Å². The average Bonchev–Trinajstić information content (AvgIpc) is 3.08. The van der Waals surface area contributed by atoms with Crippen LogP contribution >= 0.6 is 11.6 Å². The maximum atomic E-state index is 13.6. The second-order valence-corrected chi connectivity index (χ2v) is 4.76. The lowest BCUT2D eigenvalue weighted by Crippen LogP contribution is -2.15. The summed E-state index contributed by atoms with van der Waals surface area (Å²) >= 11 is 5.55. The van der Waals surface area contributed by atoms with Crippen molar-refractivity contribution in [3.8, 4) is 5.75 Å². The van der Waals surface area contributed by atoms with Gasteiger partial charge in [-0.1, -0.05) is 24.2 Å². The number of hydrogen-bond donors (Lipinski definition) is 1. The quantitative estimate of drug-likeness (QED) is 0.843. The molecule has 0 amide bonds. The van der Waals surface area contributed by atoms with Gasteiger partial charge in [-0.3, -0.25) is 0 Å². The van der Waals surface area contributed by atoms with Crippen LogP contribution in [0.15, 0.2) is 29.8 Å². The molecular weight excluding hydrogens is 241 g/mol. The molecule has 1 aliphatic rings. The van der Waals surface area contributed by atoms with Crippen molar-refractivity contribution in [2.75, 3.05) is 6.61 Å². The fraction of sp³-hybridized carbons (Fsp3) is 0.385. The summed E-state index contributed by atoms with van der Waals surface area (Å²) in [5, 5.41) is 3.68. The zero-order valence-electron chi connectivity index (χ0n) is 9.51. The van der Waals surface area contributed by atoms with Crippen LogP contribution in [-0.4, -0.2) is 12.6 Å². The van der Waals surface area contributed by atoms with Crippen LogP contribution in [0.2, 0.25) is 0 Å². The van der Waals surface area contributed by atoms with Gasteiger partial charge in [-0.05, 0) is 30.5 Å². The van der Waals surface area contributed by atoms with E-state index in [1.807, 2.05) is 6.07 Å². The summed E-state index contributed by atoms with van der Waals surface area (Å²) in [7, 11) is 0. The van der Waals surface area contributed by atoms with Crippen LogP contribution in [0.3, 0.4) is 0 Å². The lowest BCUT2D eigenvalue weighted by Gasteiger charge is -2.08. The monoisotopic (exact) mass is 255 g/mol. The minimum absolute atomic E-state index is 0.123. The zero-order chi connectivity index (χ0) is 12.3. The molecule has 0 spiro atoms. The molecule has 0 aliphatic heterocycles. The third-order valence-corrected chi connectivity index (χ3v) is 2.66. The Labute approximate surface area is 105 Å². The van der Waals surface area contributed by atoms with Gasteiger partial charge in [0.2, 0.25) is 0 Å². The average molecular weight is 256 g/mol. The van der Waals surface area contributed by atoms with E-state index in [9.17, 15) is 4.39 Å². The second-order valence-electron chi connectivity index (χ2n) is 4.23. The minimum Gasteiger partial charge on any atom is -0.485 e. The summed E-state index contributed by atoms with van der Waals surface area (Å²) in [4.78, 5) is 0. The molecule has 0 bridgehead atoms. The first-order valence-corrected chi connectivity index (χ1v) is 6.01. The van der Waals surface area contributed by atoms with Crippen LogP contribution in [0.1, 0.15) is 18.4 Å². The van der Waals surface area contributed by atoms with Crippen molar-refractivity contribution in [3.63, 3.8) is 0 Å².